The van der Waals surface area contributed by atoms with Gasteiger partial charge in [-0.3, -0.25) is 14.7 Å². The highest BCUT2D eigenvalue weighted by atomic mass is 32.2. The zero-order chi connectivity index (χ0) is 15.9. The van der Waals surface area contributed by atoms with E-state index < -0.39 is 9.84 Å². The Kier molecular flexibility index (Phi) is 3.94. The molecule has 2 aliphatic rings. The summed E-state index contributed by atoms with van der Waals surface area (Å²) in [4.78, 5) is 20.4. The lowest BCUT2D eigenvalue weighted by Crippen LogP contribution is -2.41. The number of carbonyl (C=O) groups excluding carboxylic acids is 1. The van der Waals surface area contributed by atoms with Crippen molar-refractivity contribution in [3.63, 3.8) is 0 Å². The molecular formula is C15H21N3O3S. The van der Waals surface area contributed by atoms with Crippen LogP contribution in [0.2, 0.25) is 0 Å². The Hall–Kier alpha value is -1.47. The highest BCUT2D eigenvalue weighted by molar-refractivity contribution is 7.91. The van der Waals surface area contributed by atoms with Crippen LogP contribution in [0.5, 0.6) is 0 Å². The Morgan fingerprint density at radius 3 is 2.82 bits per heavy atom. The molecule has 0 radical (unpaired) electrons. The molecule has 2 aliphatic heterocycles. The number of pyridine rings is 1. The van der Waals surface area contributed by atoms with E-state index in [1.54, 1.807) is 0 Å². The van der Waals surface area contributed by atoms with E-state index in [0.29, 0.717) is 19.5 Å². The van der Waals surface area contributed by atoms with Crippen molar-refractivity contribution < 1.29 is 13.2 Å². The molecule has 7 heteroatoms. The summed E-state index contributed by atoms with van der Waals surface area (Å²) < 4.78 is 23.1. The summed E-state index contributed by atoms with van der Waals surface area (Å²) in [5.74, 6) is 0.441. The van der Waals surface area contributed by atoms with E-state index in [2.05, 4.69) is 4.98 Å². The average molecular weight is 323 g/mol. The Morgan fingerprint density at radius 1 is 1.41 bits per heavy atom. The molecule has 0 spiro atoms. The molecular weight excluding hydrogens is 302 g/mol. The Morgan fingerprint density at radius 2 is 2.14 bits per heavy atom. The number of aryl methyl sites for hydroxylation is 1. The zero-order valence-electron chi connectivity index (χ0n) is 12.9. The van der Waals surface area contributed by atoms with Crippen molar-refractivity contribution >= 4 is 15.7 Å². The molecule has 1 atom stereocenters. The minimum absolute atomic E-state index is 0.0390. The molecule has 3 heterocycles. The molecule has 0 aromatic carbocycles. The number of likely N-dealkylation sites (N-methyl/N-ethyl adjacent to an activating group) is 1. The minimum Gasteiger partial charge on any atom is -0.333 e. The van der Waals surface area contributed by atoms with Crippen LogP contribution >= 0.6 is 0 Å². The second-order valence-electron chi connectivity index (χ2n) is 6.32. The number of rotatable bonds is 3. The summed E-state index contributed by atoms with van der Waals surface area (Å²) >= 11 is 0. The number of hydrogen-bond acceptors (Lipinski definition) is 5. The maximum atomic E-state index is 12.4. The maximum Gasteiger partial charge on any atom is 0.237 e. The molecule has 22 heavy (non-hydrogen) atoms. The summed E-state index contributed by atoms with van der Waals surface area (Å²) in [6, 6.07) is 1.98. The normalized spacial score (nSPS) is 23.0. The zero-order valence-corrected chi connectivity index (χ0v) is 13.8. The molecule has 1 aromatic rings. The van der Waals surface area contributed by atoms with Gasteiger partial charge in [0.2, 0.25) is 5.91 Å². The first-order valence-corrected chi connectivity index (χ1v) is 9.29. The van der Waals surface area contributed by atoms with Gasteiger partial charge in [0, 0.05) is 31.0 Å². The fourth-order valence-electron chi connectivity index (χ4n) is 3.14. The molecule has 1 aromatic heterocycles. The van der Waals surface area contributed by atoms with E-state index >= 15 is 0 Å². The van der Waals surface area contributed by atoms with Crippen molar-refractivity contribution in [1.82, 2.24) is 14.8 Å². The first kappa shape index (κ1) is 15.4. The molecule has 0 saturated carbocycles. The molecule has 1 unspecified atom stereocenters. The van der Waals surface area contributed by atoms with E-state index in [1.165, 1.54) is 0 Å². The lowest BCUT2D eigenvalue weighted by Gasteiger charge is -2.25. The summed E-state index contributed by atoms with van der Waals surface area (Å²) in [5, 5.41) is 0. The minimum atomic E-state index is -2.92. The highest BCUT2D eigenvalue weighted by Crippen LogP contribution is 2.23. The van der Waals surface area contributed by atoms with Crippen LogP contribution in [-0.2, 0) is 27.7 Å². The van der Waals surface area contributed by atoms with Crippen LogP contribution in [-0.4, -0.2) is 60.2 Å². The van der Waals surface area contributed by atoms with Crippen molar-refractivity contribution in [3.05, 3.63) is 29.1 Å². The van der Waals surface area contributed by atoms with Gasteiger partial charge in [-0.25, -0.2) is 8.42 Å². The lowest BCUT2D eigenvalue weighted by atomic mass is 10.2. The van der Waals surface area contributed by atoms with Gasteiger partial charge in [-0.05, 0) is 37.6 Å². The molecule has 6 nitrogen and oxygen atoms in total. The number of nitrogens with zero attached hydrogens (tertiary/aromatic N) is 3. The monoisotopic (exact) mass is 323 g/mol. The molecule has 0 bridgehead atoms. The predicted octanol–water partition coefficient (Wildman–Crippen LogP) is 0.351. The second kappa shape index (κ2) is 5.62. The smallest absolute Gasteiger partial charge is 0.237 e. The number of amides is 1. The van der Waals surface area contributed by atoms with Crippen LogP contribution < -0.4 is 0 Å². The average Bonchev–Trinajstić information content (AvgIpc) is 3.01. The third-order valence-electron chi connectivity index (χ3n) is 4.51. The quantitative estimate of drug-likeness (QED) is 0.803. The van der Waals surface area contributed by atoms with Gasteiger partial charge in [0.1, 0.15) is 0 Å². The molecule has 1 saturated heterocycles. The van der Waals surface area contributed by atoms with Crippen LogP contribution in [0.25, 0.3) is 0 Å². The van der Waals surface area contributed by atoms with Crippen LogP contribution in [0.4, 0.5) is 0 Å². The first-order chi connectivity index (χ1) is 10.3. The van der Waals surface area contributed by atoms with E-state index in [-0.39, 0.29) is 30.0 Å². The summed E-state index contributed by atoms with van der Waals surface area (Å²) in [5.41, 5.74) is 3.22. The number of aromatic nitrogens is 1. The third kappa shape index (κ3) is 3.15. The summed E-state index contributed by atoms with van der Waals surface area (Å²) in [6.45, 7) is 3.42. The van der Waals surface area contributed by atoms with Crippen LogP contribution in [0, 0.1) is 6.92 Å². The number of fused-ring (bicyclic) bond motifs is 1. The van der Waals surface area contributed by atoms with Crippen LogP contribution in [0.3, 0.4) is 0 Å². The van der Waals surface area contributed by atoms with Gasteiger partial charge in [-0.1, -0.05) is 0 Å². The molecule has 0 N–H and O–H groups in total. The van der Waals surface area contributed by atoms with Gasteiger partial charge in [0.25, 0.3) is 0 Å². The standard InChI is InChI=1S/C15H21N3O3S/c1-11-5-12-7-18(8-13(12)6-16-11)15(19)9-17(2)14-3-4-22(20,21)10-14/h5-6,14H,3-4,7-10H2,1-2H3. The van der Waals surface area contributed by atoms with Gasteiger partial charge in [-0.15, -0.1) is 0 Å². The van der Waals surface area contributed by atoms with E-state index in [9.17, 15) is 13.2 Å². The first-order valence-electron chi connectivity index (χ1n) is 7.47. The van der Waals surface area contributed by atoms with Gasteiger partial charge in [0.15, 0.2) is 9.84 Å². The number of carbonyl (C=O) groups is 1. The van der Waals surface area contributed by atoms with E-state index in [0.717, 1.165) is 16.8 Å². The topological polar surface area (TPSA) is 70.6 Å². The largest absolute Gasteiger partial charge is 0.333 e. The summed E-state index contributed by atoms with van der Waals surface area (Å²) in [6.07, 6.45) is 2.46. The van der Waals surface area contributed by atoms with Crippen molar-refractivity contribution in [2.24, 2.45) is 0 Å². The van der Waals surface area contributed by atoms with E-state index in [4.69, 9.17) is 0 Å². The molecule has 0 aliphatic carbocycles. The molecule has 3 rings (SSSR count). The molecule has 1 fully saturated rings. The Labute approximate surface area is 131 Å². The third-order valence-corrected chi connectivity index (χ3v) is 6.26. The number of sulfone groups is 1. The SMILES string of the molecule is Cc1cc2c(cn1)CN(C(=O)CN(C)C1CCS(=O)(=O)C1)C2. The Bertz CT molecular complexity index is 702. The van der Waals surface area contributed by atoms with Crippen LogP contribution in [0.15, 0.2) is 12.3 Å². The fraction of sp³-hybridized carbons (Fsp3) is 0.600. The molecule has 120 valence electrons. The van der Waals surface area contributed by atoms with Gasteiger partial charge >= 0.3 is 0 Å². The van der Waals surface area contributed by atoms with Gasteiger partial charge < -0.3 is 4.90 Å². The summed E-state index contributed by atoms with van der Waals surface area (Å²) in [7, 11) is -1.09. The lowest BCUT2D eigenvalue weighted by molar-refractivity contribution is -0.133. The second-order valence-corrected chi connectivity index (χ2v) is 8.54. The number of hydrogen-bond donors (Lipinski definition) is 0. The Balaban J connectivity index is 1.60. The predicted molar refractivity (Wildman–Crippen MR) is 82.9 cm³/mol. The van der Waals surface area contributed by atoms with Crippen molar-refractivity contribution in [2.45, 2.75) is 32.5 Å². The van der Waals surface area contributed by atoms with Crippen molar-refractivity contribution in [1.29, 1.82) is 0 Å². The van der Waals surface area contributed by atoms with Crippen LogP contribution in [0.1, 0.15) is 23.2 Å². The molecule has 1 amide bonds. The maximum absolute atomic E-state index is 12.4. The van der Waals surface area contributed by atoms with Crippen molar-refractivity contribution in [3.8, 4) is 0 Å². The van der Waals surface area contributed by atoms with Gasteiger partial charge in [0.05, 0.1) is 18.1 Å². The highest BCUT2D eigenvalue weighted by Gasteiger charge is 2.32. The van der Waals surface area contributed by atoms with Crippen molar-refractivity contribution in [2.75, 3.05) is 25.1 Å². The van der Waals surface area contributed by atoms with E-state index in [1.807, 2.05) is 36.0 Å². The fourth-order valence-corrected chi connectivity index (χ4v) is 4.95. The van der Waals surface area contributed by atoms with Gasteiger partial charge in [-0.2, -0.15) is 0 Å².